The summed E-state index contributed by atoms with van der Waals surface area (Å²) in [5.41, 5.74) is -1.43. The highest BCUT2D eigenvalue weighted by molar-refractivity contribution is 6.17. The Labute approximate surface area is 129 Å². The number of carbonyl (C=O) groups is 1. The summed E-state index contributed by atoms with van der Waals surface area (Å²) in [5.74, 6) is 0.114. The number of allylic oxidation sites excluding steroid dienone is 2. The predicted octanol–water partition coefficient (Wildman–Crippen LogP) is 3.46. The van der Waals surface area contributed by atoms with Crippen LogP contribution in [0.4, 0.5) is 8.78 Å². The van der Waals surface area contributed by atoms with Crippen LogP contribution in [0.15, 0.2) is 18.7 Å². The van der Waals surface area contributed by atoms with Crippen LogP contribution >= 0.6 is 0 Å². The standard InChI is InChI=1S/C16H23F2N3O/c1-12-5-3-4-6-13(12)7-14(21-11-19-10-20-21)15(22)16(2,8-17)9-18/h7,10-13H,3-6,8-9H2,1-2H3/b14-7-/t12-,13-/m0/s1. The topological polar surface area (TPSA) is 47.8 Å². The Morgan fingerprint density at radius 1 is 1.36 bits per heavy atom. The van der Waals surface area contributed by atoms with Gasteiger partial charge in [0.1, 0.15) is 31.7 Å². The van der Waals surface area contributed by atoms with Crippen molar-refractivity contribution in [1.29, 1.82) is 0 Å². The lowest BCUT2D eigenvalue weighted by Crippen LogP contribution is -2.35. The molecule has 1 aliphatic rings. The summed E-state index contributed by atoms with van der Waals surface area (Å²) in [5, 5.41) is 3.98. The Bertz CT molecular complexity index is 524. The van der Waals surface area contributed by atoms with Crippen molar-refractivity contribution in [2.75, 3.05) is 13.3 Å². The second kappa shape index (κ2) is 7.11. The van der Waals surface area contributed by atoms with Crippen LogP contribution in [-0.2, 0) is 4.79 Å². The number of rotatable bonds is 6. The fourth-order valence-corrected chi connectivity index (χ4v) is 2.85. The van der Waals surface area contributed by atoms with E-state index in [2.05, 4.69) is 17.0 Å². The molecule has 22 heavy (non-hydrogen) atoms. The Morgan fingerprint density at radius 3 is 2.59 bits per heavy atom. The molecule has 0 unspecified atom stereocenters. The van der Waals surface area contributed by atoms with E-state index in [0.717, 1.165) is 19.3 Å². The fraction of sp³-hybridized carbons (Fsp3) is 0.688. The van der Waals surface area contributed by atoms with Crippen molar-refractivity contribution >= 4 is 11.5 Å². The van der Waals surface area contributed by atoms with Gasteiger partial charge in [-0.2, -0.15) is 5.10 Å². The van der Waals surface area contributed by atoms with Gasteiger partial charge in [0.2, 0.25) is 0 Å². The monoisotopic (exact) mass is 311 g/mol. The van der Waals surface area contributed by atoms with Crippen molar-refractivity contribution in [2.24, 2.45) is 17.3 Å². The summed E-state index contributed by atoms with van der Waals surface area (Å²) < 4.78 is 27.8. The van der Waals surface area contributed by atoms with Gasteiger partial charge in [-0.15, -0.1) is 0 Å². The highest BCUT2D eigenvalue weighted by Crippen LogP contribution is 2.33. The van der Waals surface area contributed by atoms with E-state index in [1.54, 1.807) is 0 Å². The van der Waals surface area contributed by atoms with Crippen LogP contribution in [0.25, 0.3) is 5.70 Å². The first-order chi connectivity index (χ1) is 10.5. The molecule has 1 fully saturated rings. The lowest BCUT2D eigenvalue weighted by Gasteiger charge is -2.28. The lowest BCUT2D eigenvalue weighted by atomic mass is 9.78. The van der Waals surface area contributed by atoms with Crippen LogP contribution < -0.4 is 0 Å². The van der Waals surface area contributed by atoms with Crippen molar-refractivity contribution in [3.8, 4) is 0 Å². The van der Waals surface area contributed by atoms with Crippen LogP contribution in [0.2, 0.25) is 0 Å². The van der Waals surface area contributed by atoms with Gasteiger partial charge in [-0.05, 0) is 25.2 Å². The van der Waals surface area contributed by atoms with Gasteiger partial charge in [0.15, 0.2) is 5.78 Å². The number of Topliss-reactive ketones (excluding diaryl/α,β-unsaturated/α-hetero) is 1. The molecular weight excluding hydrogens is 288 g/mol. The summed E-state index contributed by atoms with van der Waals surface area (Å²) in [6, 6.07) is 0. The molecule has 0 N–H and O–H groups in total. The third kappa shape index (κ3) is 3.42. The summed E-state index contributed by atoms with van der Waals surface area (Å²) in [6.45, 7) is 1.39. The van der Waals surface area contributed by atoms with E-state index >= 15 is 0 Å². The zero-order valence-corrected chi connectivity index (χ0v) is 13.1. The van der Waals surface area contributed by atoms with Crippen LogP contribution in [-0.4, -0.2) is 33.9 Å². The molecule has 1 heterocycles. The number of alkyl halides is 2. The third-order valence-corrected chi connectivity index (χ3v) is 4.59. The van der Waals surface area contributed by atoms with Gasteiger partial charge in [0.05, 0.1) is 5.41 Å². The Hall–Kier alpha value is -1.59. The highest BCUT2D eigenvalue weighted by atomic mass is 19.1. The molecule has 0 bridgehead atoms. The van der Waals surface area contributed by atoms with Gasteiger partial charge in [-0.3, -0.25) is 4.79 Å². The molecule has 122 valence electrons. The molecule has 1 aromatic heterocycles. The molecule has 0 aliphatic heterocycles. The molecule has 0 amide bonds. The molecule has 1 saturated carbocycles. The molecule has 4 nitrogen and oxygen atoms in total. The van der Waals surface area contributed by atoms with Gasteiger partial charge in [0, 0.05) is 0 Å². The average Bonchev–Trinajstić information content (AvgIpc) is 3.07. The Morgan fingerprint density at radius 2 is 2.05 bits per heavy atom. The molecule has 2 rings (SSSR count). The molecule has 1 aromatic rings. The number of hydrogen-bond donors (Lipinski definition) is 0. The Kier molecular flexibility index (Phi) is 5.42. The summed E-state index contributed by atoms with van der Waals surface area (Å²) in [4.78, 5) is 16.5. The molecular formula is C16H23F2N3O. The molecule has 6 heteroatoms. The number of nitrogens with zero attached hydrogens (tertiary/aromatic N) is 3. The molecule has 0 radical (unpaired) electrons. The van der Waals surface area contributed by atoms with Crippen LogP contribution in [0.3, 0.4) is 0 Å². The minimum Gasteiger partial charge on any atom is -0.292 e. The maximum absolute atomic E-state index is 13.2. The highest BCUT2D eigenvalue weighted by Gasteiger charge is 2.37. The van der Waals surface area contributed by atoms with Gasteiger partial charge in [0.25, 0.3) is 0 Å². The smallest absolute Gasteiger partial charge is 0.192 e. The minimum atomic E-state index is -1.66. The van der Waals surface area contributed by atoms with Crippen molar-refractivity contribution in [1.82, 2.24) is 14.8 Å². The fourth-order valence-electron chi connectivity index (χ4n) is 2.85. The second-order valence-electron chi connectivity index (χ2n) is 6.47. The van der Waals surface area contributed by atoms with Crippen LogP contribution in [0.1, 0.15) is 39.5 Å². The van der Waals surface area contributed by atoms with E-state index in [0.29, 0.717) is 5.92 Å². The van der Waals surface area contributed by atoms with Crippen LogP contribution in [0, 0.1) is 17.3 Å². The quantitative estimate of drug-likeness (QED) is 0.756. The van der Waals surface area contributed by atoms with E-state index in [9.17, 15) is 13.6 Å². The number of hydrogen-bond acceptors (Lipinski definition) is 3. The predicted molar refractivity (Wildman–Crippen MR) is 80.5 cm³/mol. The minimum absolute atomic E-state index is 0.223. The van der Waals surface area contributed by atoms with Gasteiger partial charge >= 0.3 is 0 Å². The summed E-state index contributed by atoms with van der Waals surface area (Å²) >= 11 is 0. The van der Waals surface area contributed by atoms with E-state index < -0.39 is 24.5 Å². The number of carbonyl (C=O) groups excluding carboxylic acids is 1. The molecule has 2 atom stereocenters. The first kappa shape index (κ1) is 16.8. The number of ketones is 1. The maximum Gasteiger partial charge on any atom is 0.192 e. The van der Waals surface area contributed by atoms with Crippen molar-refractivity contribution < 1.29 is 13.6 Å². The van der Waals surface area contributed by atoms with E-state index in [1.807, 2.05) is 6.08 Å². The third-order valence-electron chi connectivity index (χ3n) is 4.59. The average molecular weight is 311 g/mol. The van der Waals surface area contributed by atoms with E-state index in [4.69, 9.17) is 0 Å². The van der Waals surface area contributed by atoms with Gasteiger partial charge in [-0.1, -0.05) is 32.3 Å². The largest absolute Gasteiger partial charge is 0.292 e. The normalized spacial score (nSPS) is 23.5. The maximum atomic E-state index is 13.2. The van der Waals surface area contributed by atoms with E-state index in [-0.39, 0.29) is 11.6 Å². The van der Waals surface area contributed by atoms with Crippen molar-refractivity contribution in [2.45, 2.75) is 39.5 Å². The molecule has 0 aromatic carbocycles. The van der Waals surface area contributed by atoms with Gasteiger partial charge < -0.3 is 0 Å². The summed E-state index contributed by atoms with van der Waals surface area (Å²) in [7, 11) is 0. The zero-order chi connectivity index (χ0) is 16.2. The summed E-state index contributed by atoms with van der Waals surface area (Å²) in [6.07, 6.45) is 8.92. The molecule has 1 aliphatic carbocycles. The second-order valence-corrected chi connectivity index (χ2v) is 6.47. The van der Waals surface area contributed by atoms with E-state index in [1.165, 1.54) is 30.7 Å². The zero-order valence-electron chi connectivity index (χ0n) is 13.1. The molecule has 0 saturated heterocycles. The first-order valence-corrected chi connectivity index (χ1v) is 7.75. The molecule has 0 spiro atoms. The lowest BCUT2D eigenvalue weighted by molar-refractivity contribution is -0.124. The van der Waals surface area contributed by atoms with Crippen LogP contribution in [0.5, 0.6) is 0 Å². The first-order valence-electron chi connectivity index (χ1n) is 7.75. The van der Waals surface area contributed by atoms with Gasteiger partial charge in [-0.25, -0.2) is 18.4 Å². The van der Waals surface area contributed by atoms with Crippen molar-refractivity contribution in [3.63, 3.8) is 0 Å². The van der Waals surface area contributed by atoms with Crippen molar-refractivity contribution in [3.05, 3.63) is 18.7 Å². The number of aromatic nitrogens is 3. The number of halogens is 2. The Balaban J connectivity index is 2.37. The SMILES string of the molecule is C[C@H]1CCCC[C@H]1/C=C(/C(=O)C(C)(CF)CF)n1cncn1.